The van der Waals surface area contributed by atoms with Crippen molar-refractivity contribution in [3.63, 3.8) is 0 Å². The molecule has 1 aliphatic heterocycles. The summed E-state index contributed by atoms with van der Waals surface area (Å²) in [6, 6.07) is 8.38. The summed E-state index contributed by atoms with van der Waals surface area (Å²) in [7, 11) is 0. The molecule has 1 aromatic carbocycles. The second-order valence-corrected chi connectivity index (χ2v) is 6.73. The number of unbranched alkanes of at least 4 members (excludes halogenated alkanes) is 1. The van der Waals surface area contributed by atoms with Gasteiger partial charge in [-0.2, -0.15) is 5.10 Å². The minimum atomic E-state index is -0.455. The summed E-state index contributed by atoms with van der Waals surface area (Å²) >= 11 is 0. The van der Waals surface area contributed by atoms with Crippen LogP contribution >= 0.6 is 0 Å². The first kappa shape index (κ1) is 19.7. The number of hydrogen-bond acceptors (Lipinski definition) is 4. The SMILES string of the molecule is CCCCn1nc(C(=O)N2CCN(C(=O)c3cccc(F)c3)CC2)ccc1=O. The fourth-order valence-electron chi connectivity index (χ4n) is 3.11. The van der Waals surface area contributed by atoms with E-state index in [4.69, 9.17) is 0 Å². The quantitative estimate of drug-likeness (QED) is 0.785. The molecule has 0 saturated carbocycles. The lowest BCUT2D eigenvalue weighted by molar-refractivity contribution is 0.0530. The van der Waals surface area contributed by atoms with Gasteiger partial charge in [-0.05, 0) is 30.7 Å². The first-order chi connectivity index (χ1) is 13.5. The maximum Gasteiger partial charge on any atom is 0.274 e. The highest BCUT2D eigenvalue weighted by atomic mass is 19.1. The van der Waals surface area contributed by atoms with Crippen molar-refractivity contribution in [2.24, 2.45) is 0 Å². The molecule has 1 aromatic heterocycles. The van der Waals surface area contributed by atoms with E-state index in [1.807, 2.05) is 6.92 Å². The molecule has 0 radical (unpaired) electrons. The third-order valence-electron chi connectivity index (χ3n) is 4.73. The molecule has 2 amide bonds. The normalized spacial score (nSPS) is 14.2. The van der Waals surface area contributed by atoms with Gasteiger partial charge in [-0.1, -0.05) is 19.4 Å². The van der Waals surface area contributed by atoms with E-state index < -0.39 is 5.82 Å². The second-order valence-electron chi connectivity index (χ2n) is 6.73. The third kappa shape index (κ3) is 4.44. The minimum absolute atomic E-state index is 0.223. The van der Waals surface area contributed by atoms with E-state index >= 15 is 0 Å². The standard InChI is InChI=1S/C20H23FN4O3/c1-2-3-9-25-18(26)8-7-17(22-25)20(28)24-12-10-23(11-13-24)19(27)15-5-4-6-16(21)14-15/h4-8,14H,2-3,9-13H2,1H3. The average Bonchev–Trinajstić information content (AvgIpc) is 2.72. The minimum Gasteiger partial charge on any atom is -0.335 e. The molecule has 0 atom stereocenters. The number of halogens is 1. The Balaban J connectivity index is 1.64. The van der Waals surface area contributed by atoms with Crippen LogP contribution < -0.4 is 5.56 Å². The molecule has 3 rings (SSSR count). The first-order valence-electron chi connectivity index (χ1n) is 9.42. The van der Waals surface area contributed by atoms with Crippen LogP contribution in [0.2, 0.25) is 0 Å². The number of hydrogen-bond donors (Lipinski definition) is 0. The van der Waals surface area contributed by atoms with Gasteiger partial charge >= 0.3 is 0 Å². The molecule has 0 bridgehead atoms. The number of amides is 2. The van der Waals surface area contributed by atoms with Crippen LogP contribution in [-0.2, 0) is 6.54 Å². The Hall–Kier alpha value is -3.03. The van der Waals surface area contributed by atoms with Gasteiger partial charge in [0, 0.05) is 44.4 Å². The van der Waals surface area contributed by atoms with Crippen LogP contribution in [0.1, 0.15) is 40.6 Å². The van der Waals surface area contributed by atoms with Crippen molar-refractivity contribution in [3.05, 3.63) is 63.8 Å². The Kier molecular flexibility index (Phi) is 6.18. The highest BCUT2D eigenvalue weighted by Gasteiger charge is 2.26. The zero-order valence-electron chi connectivity index (χ0n) is 15.8. The van der Waals surface area contributed by atoms with Gasteiger partial charge in [0.2, 0.25) is 0 Å². The van der Waals surface area contributed by atoms with E-state index in [1.165, 1.54) is 35.0 Å². The lowest BCUT2D eigenvalue weighted by atomic mass is 10.1. The maximum atomic E-state index is 13.3. The zero-order valence-corrected chi connectivity index (χ0v) is 15.8. The molecule has 0 N–H and O–H groups in total. The van der Waals surface area contributed by atoms with Crippen LogP contribution in [0.25, 0.3) is 0 Å². The van der Waals surface area contributed by atoms with Crippen LogP contribution in [0.5, 0.6) is 0 Å². The Morgan fingerprint density at radius 3 is 2.36 bits per heavy atom. The summed E-state index contributed by atoms with van der Waals surface area (Å²) in [4.78, 5) is 40.3. The molecule has 7 nitrogen and oxygen atoms in total. The number of carbonyl (C=O) groups is 2. The summed E-state index contributed by atoms with van der Waals surface area (Å²) in [6.07, 6.45) is 1.74. The van der Waals surface area contributed by atoms with E-state index in [1.54, 1.807) is 15.9 Å². The van der Waals surface area contributed by atoms with Crippen molar-refractivity contribution in [2.45, 2.75) is 26.3 Å². The largest absolute Gasteiger partial charge is 0.335 e. The molecule has 0 unspecified atom stereocenters. The van der Waals surface area contributed by atoms with Crippen molar-refractivity contribution in [3.8, 4) is 0 Å². The van der Waals surface area contributed by atoms with E-state index in [-0.39, 0.29) is 23.1 Å². The number of aryl methyl sites for hydroxylation is 1. The zero-order chi connectivity index (χ0) is 20.1. The Morgan fingerprint density at radius 1 is 1.04 bits per heavy atom. The number of nitrogens with zero attached hydrogens (tertiary/aromatic N) is 4. The van der Waals surface area contributed by atoms with E-state index in [2.05, 4.69) is 5.10 Å². The van der Waals surface area contributed by atoms with Crippen LogP contribution in [0, 0.1) is 5.82 Å². The van der Waals surface area contributed by atoms with E-state index in [9.17, 15) is 18.8 Å². The smallest absolute Gasteiger partial charge is 0.274 e. The molecule has 0 spiro atoms. The summed E-state index contributed by atoms with van der Waals surface area (Å²) in [5.41, 5.74) is 0.292. The van der Waals surface area contributed by atoms with Crippen LogP contribution in [0.15, 0.2) is 41.2 Å². The van der Waals surface area contributed by atoms with Gasteiger partial charge in [-0.15, -0.1) is 0 Å². The monoisotopic (exact) mass is 386 g/mol. The van der Waals surface area contributed by atoms with Crippen LogP contribution in [0.4, 0.5) is 4.39 Å². The second kappa shape index (κ2) is 8.77. The number of aromatic nitrogens is 2. The van der Waals surface area contributed by atoms with Crippen molar-refractivity contribution in [1.29, 1.82) is 0 Å². The molecule has 28 heavy (non-hydrogen) atoms. The van der Waals surface area contributed by atoms with Crippen LogP contribution in [0.3, 0.4) is 0 Å². The highest BCUT2D eigenvalue weighted by molar-refractivity contribution is 5.95. The summed E-state index contributed by atoms with van der Waals surface area (Å²) in [5, 5.41) is 4.19. The molecular formula is C20H23FN4O3. The first-order valence-corrected chi connectivity index (χ1v) is 9.42. The van der Waals surface area contributed by atoms with Gasteiger partial charge in [-0.25, -0.2) is 9.07 Å². The van der Waals surface area contributed by atoms with Crippen molar-refractivity contribution in [1.82, 2.24) is 19.6 Å². The summed E-state index contributed by atoms with van der Waals surface area (Å²) in [6.45, 7) is 3.93. The van der Waals surface area contributed by atoms with Gasteiger partial charge in [0.15, 0.2) is 0 Å². The summed E-state index contributed by atoms with van der Waals surface area (Å²) in [5.74, 6) is -0.968. The van der Waals surface area contributed by atoms with Crippen molar-refractivity contribution >= 4 is 11.8 Å². The molecule has 148 valence electrons. The molecule has 2 heterocycles. The van der Waals surface area contributed by atoms with E-state index in [0.29, 0.717) is 38.3 Å². The van der Waals surface area contributed by atoms with Gasteiger partial charge in [0.1, 0.15) is 11.5 Å². The Bertz CT molecular complexity index is 920. The fourth-order valence-corrected chi connectivity index (χ4v) is 3.11. The van der Waals surface area contributed by atoms with Gasteiger partial charge in [-0.3, -0.25) is 14.4 Å². The van der Waals surface area contributed by atoms with Gasteiger partial charge < -0.3 is 9.80 Å². The van der Waals surface area contributed by atoms with Gasteiger partial charge in [0.25, 0.3) is 17.4 Å². The van der Waals surface area contributed by atoms with E-state index in [0.717, 1.165) is 12.8 Å². The predicted molar refractivity (Wildman–Crippen MR) is 102 cm³/mol. The Morgan fingerprint density at radius 2 is 1.71 bits per heavy atom. The number of carbonyl (C=O) groups excluding carboxylic acids is 2. The summed E-state index contributed by atoms with van der Waals surface area (Å²) < 4.78 is 14.7. The highest BCUT2D eigenvalue weighted by Crippen LogP contribution is 2.12. The Labute approximate surface area is 162 Å². The topological polar surface area (TPSA) is 75.5 Å². The lowest BCUT2D eigenvalue weighted by Crippen LogP contribution is -2.51. The maximum absolute atomic E-state index is 13.3. The molecule has 8 heteroatoms. The molecule has 1 aliphatic rings. The number of rotatable bonds is 5. The molecular weight excluding hydrogens is 363 g/mol. The number of piperazine rings is 1. The molecule has 0 aliphatic carbocycles. The van der Waals surface area contributed by atoms with Gasteiger partial charge in [0.05, 0.1) is 0 Å². The molecule has 1 fully saturated rings. The predicted octanol–water partition coefficient (Wildman–Crippen LogP) is 1.78. The molecule has 2 aromatic rings. The fraction of sp³-hybridized carbons (Fsp3) is 0.400. The lowest BCUT2D eigenvalue weighted by Gasteiger charge is -2.34. The third-order valence-corrected chi connectivity index (χ3v) is 4.73. The van der Waals surface area contributed by atoms with Crippen LogP contribution in [-0.4, -0.2) is 57.6 Å². The van der Waals surface area contributed by atoms with Crippen molar-refractivity contribution < 1.29 is 14.0 Å². The number of benzene rings is 1. The average molecular weight is 386 g/mol. The molecule has 1 saturated heterocycles. The van der Waals surface area contributed by atoms with Crippen molar-refractivity contribution in [2.75, 3.05) is 26.2 Å².